The zero-order valence-electron chi connectivity index (χ0n) is 5.89. The van der Waals surface area contributed by atoms with E-state index in [-0.39, 0.29) is 6.04 Å². The van der Waals surface area contributed by atoms with Crippen LogP contribution in [0, 0.1) is 12.3 Å². The highest BCUT2D eigenvalue weighted by molar-refractivity contribution is 5.54. The van der Waals surface area contributed by atoms with E-state index < -0.39 is 0 Å². The van der Waals surface area contributed by atoms with Gasteiger partial charge in [0.05, 0.1) is 0 Å². The first kappa shape index (κ1) is 8.19. The van der Waals surface area contributed by atoms with Crippen LogP contribution < -0.4 is 5.32 Å². The van der Waals surface area contributed by atoms with Crippen LogP contribution in [0.1, 0.15) is 6.92 Å². The monoisotopic (exact) mass is 124 g/mol. The van der Waals surface area contributed by atoms with E-state index in [1.165, 1.54) is 0 Å². The predicted octanol–water partition coefficient (Wildman–Crippen LogP) is 0.298. The van der Waals surface area contributed by atoms with Gasteiger partial charge in [-0.05, 0) is 20.2 Å². The van der Waals surface area contributed by atoms with Gasteiger partial charge in [-0.2, -0.15) is 0 Å². The summed E-state index contributed by atoms with van der Waals surface area (Å²) in [4.78, 5) is 4.01. The molecule has 0 aliphatic heterocycles. The molecule has 0 radical (unpaired) electrons. The number of terminal acetylenes is 1. The maximum atomic E-state index is 5.14. The molecule has 0 aromatic rings. The maximum absolute atomic E-state index is 5.14. The van der Waals surface area contributed by atoms with Gasteiger partial charge >= 0.3 is 0 Å². The molecule has 50 valence electrons. The molecule has 0 amide bonds. The summed E-state index contributed by atoms with van der Waals surface area (Å²) in [5.41, 5.74) is 0. The van der Waals surface area contributed by atoms with Crippen molar-refractivity contribution < 1.29 is 0 Å². The molecule has 0 bridgehead atoms. The van der Waals surface area contributed by atoms with Gasteiger partial charge in [-0.3, -0.25) is 4.99 Å². The molecule has 0 rings (SSSR count). The largest absolute Gasteiger partial charge is 0.317 e. The smallest absolute Gasteiger partial charge is 0.122 e. The molecule has 2 nitrogen and oxygen atoms in total. The number of aliphatic imine (C=N–C) groups is 1. The molecule has 0 aliphatic carbocycles. The molecular weight excluding hydrogens is 112 g/mol. The van der Waals surface area contributed by atoms with Crippen LogP contribution in [0.4, 0.5) is 0 Å². The first-order chi connectivity index (χ1) is 4.35. The average molecular weight is 124 g/mol. The van der Waals surface area contributed by atoms with E-state index >= 15 is 0 Å². The molecule has 0 fully saturated rings. The zero-order valence-corrected chi connectivity index (χ0v) is 5.89. The third-order valence-electron chi connectivity index (χ3n) is 0.919. The van der Waals surface area contributed by atoms with Crippen molar-refractivity contribution in [1.82, 2.24) is 5.32 Å². The van der Waals surface area contributed by atoms with Crippen LogP contribution in [0.2, 0.25) is 0 Å². The van der Waals surface area contributed by atoms with Crippen molar-refractivity contribution in [2.24, 2.45) is 4.99 Å². The van der Waals surface area contributed by atoms with Gasteiger partial charge in [-0.25, -0.2) is 0 Å². The molecule has 1 N–H and O–H groups in total. The molecule has 0 spiro atoms. The Morgan fingerprint density at radius 2 is 2.56 bits per heavy atom. The number of hydrogen-bond acceptors (Lipinski definition) is 2. The van der Waals surface area contributed by atoms with Crippen molar-refractivity contribution in [1.29, 1.82) is 0 Å². The molecule has 9 heavy (non-hydrogen) atoms. The second kappa shape index (κ2) is 5.33. The summed E-state index contributed by atoms with van der Waals surface area (Å²) >= 11 is 0. The molecule has 1 unspecified atom stereocenters. The Bertz CT molecular complexity index is 121. The zero-order chi connectivity index (χ0) is 7.11. The molecular formula is C7H12N2. The Morgan fingerprint density at radius 1 is 1.89 bits per heavy atom. The van der Waals surface area contributed by atoms with Crippen LogP contribution in [0.25, 0.3) is 0 Å². The third-order valence-corrected chi connectivity index (χ3v) is 0.919. The normalized spacial score (nSPS) is 13.4. The lowest BCUT2D eigenvalue weighted by atomic mass is 10.3. The van der Waals surface area contributed by atoms with E-state index in [4.69, 9.17) is 6.42 Å². The van der Waals surface area contributed by atoms with Gasteiger partial charge < -0.3 is 5.32 Å². The SMILES string of the molecule is C#CC(CNC)N=CC. The van der Waals surface area contributed by atoms with Crippen molar-refractivity contribution in [3.05, 3.63) is 0 Å². The fraction of sp³-hybridized carbons (Fsp3) is 0.571. The molecule has 1 atom stereocenters. The summed E-state index contributed by atoms with van der Waals surface area (Å²) in [7, 11) is 1.86. The summed E-state index contributed by atoms with van der Waals surface area (Å²) < 4.78 is 0. The molecule has 2 heteroatoms. The van der Waals surface area contributed by atoms with E-state index in [1.807, 2.05) is 14.0 Å². The van der Waals surface area contributed by atoms with Crippen LogP contribution in [-0.4, -0.2) is 25.8 Å². The fourth-order valence-electron chi connectivity index (χ4n) is 0.528. The highest BCUT2D eigenvalue weighted by atomic mass is 14.9. The molecule has 0 aromatic carbocycles. The van der Waals surface area contributed by atoms with Gasteiger partial charge in [-0.15, -0.1) is 6.42 Å². The van der Waals surface area contributed by atoms with Crippen LogP contribution >= 0.6 is 0 Å². The van der Waals surface area contributed by atoms with Gasteiger partial charge in [0.25, 0.3) is 0 Å². The van der Waals surface area contributed by atoms with Gasteiger partial charge in [0.1, 0.15) is 6.04 Å². The molecule has 0 aliphatic rings. The standard InChI is InChI=1S/C7H12N2/c1-4-7(6-8-3)9-5-2/h1,5,7-8H,6H2,2-3H3. The van der Waals surface area contributed by atoms with Crippen molar-refractivity contribution in [2.45, 2.75) is 13.0 Å². The van der Waals surface area contributed by atoms with Crippen molar-refractivity contribution in [2.75, 3.05) is 13.6 Å². The molecule has 0 saturated heterocycles. The predicted molar refractivity (Wildman–Crippen MR) is 40.7 cm³/mol. The average Bonchev–Trinajstić information content (AvgIpc) is 1.88. The van der Waals surface area contributed by atoms with Gasteiger partial charge in [-0.1, -0.05) is 5.92 Å². The molecule has 0 heterocycles. The molecule has 0 aromatic heterocycles. The second-order valence-electron chi connectivity index (χ2n) is 1.65. The van der Waals surface area contributed by atoms with Crippen molar-refractivity contribution in [3.8, 4) is 12.3 Å². The number of rotatable bonds is 3. The van der Waals surface area contributed by atoms with Crippen molar-refractivity contribution >= 4 is 6.21 Å². The van der Waals surface area contributed by atoms with E-state index in [9.17, 15) is 0 Å². The van der Waals surface area contributed by atoms with E-state index in [1.54, 1.807) is 6.21 Å². The van der Waals surface area contributed by atoms with Crippen molar-refractivity contribution in [3.63, 3.8) is 0 Å². The summed E-state index contributed by atoms with van der Waals surface area (Å²) in [6, 6.07) is -0.000000000000000444. The first-order valence-electron chi connectivity index (χ1n) is 2.93. The molecule has 0 saturated carbocycles. The first-order valence-corrected chi connectivity index (χ1v) is 2.93. The van der Waals surface area contributed by atoms with Gasteiger partial charge in [0, 0.05) is 6.54 Å². The quantitative estimate of drug-likeness (QED) is 0.424. The Labute approximate surface area is 56.4 Å². The summed E-state index contributed by atoms with van der Waals surface area (Å²) in [6.45, 7) is 2.61. The minimum absolute atomic E-state index is 0.000000000000000444. The number of hydrogen-bond donors (Lipinski definition) is 1. The highest BCUT2D eigenvalue weighted by Gasteiger charge is 1.94. The fourth-order valence-corrected chi connectivity index (χ4v) is 0.528. The Kier molecular flexibility index (Phi) is 4.85. The lowest BCUT2D eigenvalue weighted by Gasteiger charge is -2.01. The number of nitrogens with zero attached hydrogens (tertiary/aromatic N) is 1. The van der Waals surface area contributed by atoms with Crippen LogP contribution in [0.15, 0.2) is 4.99 Å². The van der Waals surface area contributed by atoms with Gasteiger partial charge in [0.2, 0.25) is 0 Å². The van der Waals surface area contributed by atoms with Gasteiger partial charge in [0.15, 0.2) is 0 Å². The maximum Gasteiger partial charge on any atom is 0.122 e. The Hall–Kier alpha value is -0.810. The Morgan fingerprint density at radius 3 is 2.89 bits per heavy atom. The Balaban J connectivity index is 3.58. The van der Waals surface area contributed by atoms with Crippen LogP contribution in [0.3, 0.4) is 0 Å². The minimum Gasteiger partial charge on any atom is -0.317 e. The summed E-state index contributed by atoms with van der Waals surface area (Å²) in [6.07, 6.45) is 6.87. The summed E-state index contributed by atoms with van der Waals surface area (Å²) in [5, 5.41) is 2.95. The number of nitrogens with one attached hydrogen (secondary N) is 1. The van der Waals surface area contributed by atoms with Crippen LogP contribution in [-0.2, 0) is 0 Å². The van der Waals surface area contributed by atoms with E-state index in [0.717, 1.165) is 6.54 Å². The van der Waals surface area contributed by atoms with E-state index in [0.29, 0.717) is 0 Å². The second-order valence-corrected chi connectivity index (χ2v) is 1.65. The minimum atomic E-state index is -0.000000000000000444. The number of likely N-dealkylation sites (N-methyl/N-ethyl adjacent to an activating group) is 1. The third kappa shape index (κ3) is 3.75. The lowest BCUT2D eigenvalue weighted by molar-refractivity contribution is 0.731. The highest BCUT2D eigenvalue weighted by Crippen LogP contribution is 1.83. The topological polar surface area (TPSA) is 24.4 Å². The lowest BCUT2D eigenvalue weighted by Crippen LogP contribution is -2.20. The van der Waals surface area contributed by atoms with E-state index in [2.05, 4.69) is 16.2 Å². The summed E-state index contributed by atoms with van der Waals surface area (Å²) in [5.74, 6) is 2.54. The van der Waals surface area contributed by atoms with Crippen LogP contribution in [0.5, 0.6) is 0 Å².